The molecule has 1 unspecified atom stereocenters. The van der Waals surface area contributed by atoms with Gasteiger partial charge in [-0.1, -0.05) is 23.9 Å². The van der Waals surface area contributed by atoms with E-state index in [1.54, 1.807) is 11.8 Å². The molecule has 1 atom stereocenters. The van der Waals surface area contributed by atoms with E-state index < -0.39 is 0 Å². The number of aliphatic hydroxyl groups excluding tert-OH is 1. The van der Waals surface area contributed by atoms with Crippen molar-refractivity contribution in [1.82, 2.24) is 5.32 Å². The third kappa shape index (κ3) is 1.96. The predicted octanol–water partition coefficient (Wildman–Crippen LogP) is 1.07. The van der Waals surface area contributed by atoms with Gasteiger partial charge in [-0.05, 0) is 12.1 Å². The van der Waals surface area contributed by atoms with Crippen LogP contribution in [0.15, 0.2) is 29.2 Å². The van der Waals surface area contributed by atoms with E-state index in [4.69, 9.17) is 5.11 Å². The normalized spacial score (nSPS) is 19.6. The summed E-state index contributed by atoms with van der Waals surface area (Å²) >= 11 is 1.74. The van der Waals surface area contributed by atoms with Gasteiger partial charge in [0.25, 0.3) is 0 Å². The van der Waals surface area contributed by atoms with Gasteiger partial charge in [0.2, 0.25) is 0 Å². The van der Waals surface area contributed by atoms with E-state index >= 15 is 0 Å². The second kappa shape index (κ2) is 4.00. The molecule has 0 bridgehead atoms. The molecule has 1 heterocycles. The highest BCUT2D eigenvalue weighted by Gasteiger charge is 2.19. The smallest absolute Gasteiger partial charge is 0.130 e. The van der Waals surface area contributed by atoms with Gasteiger partial charge in [0.05, 0.1) is 6.61 Å². The first-order chi connectivity index (χ1) is 6.40. The summed E-state index contributed by atoms with van der Waals surface area (Å²) in [7, 11) is 0. The number of fused-ring (bicyclic) bond motifs is 1. The number of anilines is 1. The van der Waals surface area contributed by atoms with Crippen LogP contribution in [0.25, 0.3) is 0 Å². The van der Waals surface area contributed by atoms with E-state index in [0.717, 1.165) is 0 Å². The van der Waals surface area contributed by atoms with E-state index in [1.165, 1.54) is 10.6 Å². The summed E-state index contributed by atoms with van der Waals surface area (Å²) in [5.41, 5.74) is 1.37. The zero-order chi connectivity index (χ0) is 9.10. The molecule has 0 radical (unpaired) electrons. The Morgan fingerprint density at radius 3 is 3.08 bits per heavy atom. The lowest BCUT2D eigenvalue weighted by Crippen LogP contribution is -2.32. The molecule has 0 saturated carbocycles. The van der Waals surface area contributed by atoms with Gasteiger partial charge in [0.1, 0.15) is 5.50 Å². The Morgan fingerprint density at radius 1 is 1.46 bits per heavy atom. The summed E-state index contributed by atoms with van der Waals surface area (Å²) < 4.78 is 0. The minimum atomic E-state index is 0.176. The Morgan fingerprint density at radius 2 is 2.31 bits per heavy atom. The Balaban J connectivity index is 1.97. The van der Waals surface area contributed by atoms with Crippen LogP contribution in [0.3, 0.4) is 0 Å². The van der Waals surface area contributed by atoms with Crippen molar-refractivity contribution in [3.63, 3.8) is 0 Å². The molecule has 0 aliphatic carbocycles. The highest BCUT2D eigenvalue weighted by molar-refractivity contribution is 8.00. The molecule has 1 aromatic rings. The van der Waals surface area contributed by atoms with E-state index in [-0.39, 0.29) is 12.1 Å². The lowest BCUT2D eigenvalue weighted by atomic mass is 10.3. The summed E-state index contributed by atoms with van der Waals surface area (Å²) in [6.45, 7) is 0.799. The topological polar surface area (TPSA) is 44.3 Å². The second-order valence-corrected chi connectivity index (χ2v) is 3.96. The first kappa shape index (κ1) is 8.87. The number of thioether (sulfide) groups is 1. The second-order valence-electron chi connectivity index (χ2n) is 2.82. The summed E-state index contributed by atoms with van der Waals surface area (Å²) in [6, 6.07) is 8.19. The fourth-order valence-corrected chi connectivity index (χ4v) is 2.33. The van der Waals surface area contributed by atoms with Crippen LogP contribution in [0, 0.1) is 0 Å². The third-order valence-electron chi connectivity index (χ3n) is 1.86. The SMILES string of the molecule is OCCNC1Nc2ccccc2S1. The van der Waals surface area contributed by atoms with Gasteiger partial charge in [-0.3, -0.25) is 5.32 Å². The molecule has 0 saturated heterocycles. The number of aliphatic hydroxyl groups is 1. The average molecular weight is 196 g/mol. The Kier molecular flexibility index (Phi) is 2.73. The zero-order valence-electron chi connectivity index (χ0n) is 7.16. The average Bonchev–Trinajstić information content (AvgIpc) is 2.57. The molecule has 1 aliphatic rings. The van der Waals surface area contributed by atoms with Crippen LogP contribution in [0.5, 0.6) is 0 Å². The molecule has 3 nitrogen and oxygen atoms in total. The van der Waals surface area contributed by atoms with Crippen LogP contribution < -0.4 is 10.6 Å². The molecule has 2 rings (SSSR count). The lowest BCUT2D eigenvalue weighted by Gasteiger charge is -2.10. The standard InChI is InChI=1S/C9H12N2OS/c12-6-5-10-9-11-7-3-1-2-4-8(7)13-9/h1-4,9-12H,5-6H2. The molecule has 1 aromatic carbocycles. The molecular weight excluding hydrogens is 184 g/mol. The minimum absolute atomic E-state index is 0.176. The molecule has 70 valence electrons. The molecule has 0 fully saturated rings. The molecule has 0 spiro atoms. The van der Waals surface area contributed by atoms with Crippen molar-refractivity contribution in [2.45, 2.75) is 10.4 Å². The van der Waals surface area contributed by atoms with Gasteiger partial charge in [-0.15, -0.1) is 0 Å². The van der Waals surface area contributed by atoms with Gasteiger partial charge >= 0.3 is 0 Å². The van der Waals surface area contributed by atoms with Crippen LogP contribution in [0.2, 0.25) is 0 Å². The zero-order valence-corrected chi connectivity index (χ0v) is 7.97. The van der Waals surface area contributed by atoms with Crippen molar-refractivity contribution in [1.29, 1.82) is 0 Å². The lowest BCUT2D eigenvalue weighted by molar-refractivity contribution is 0.292. The molecule has 13 heavy (non-hydrogen) atoms. The third-order valence-corrected chi connectivity index (χ3v) is 2.99. The largest absolute Gasteiger partial charge is 0.395 e. The number of rotatable bonds is 3. The Labute approximate surface area is 81.5 Å². The molecule has 1 aliphatic heterocycles. The van der Waals surface area contributed by atoms with Crippen LogP contribution in [0.4, 0.5) is 5.69 Å². The van der Waals surface area contributed by atoms with E-state index in [2.05, 4.69) is 22.8 Å². The van der Waals surface area contributed by atoms with Crippen LogP contribution in [0.1, 0.15) is 0 Å². The summed E-state index contributed by atoms with van der Waals surface area (Å²) in [6.07, 6.45) is 0. The first-order valence-electron chi connectivity index (χ1n) is 4.26. The summed E-state index contributed by atoms with van der Waals surface area (Å²) in [5.74, 6) is 0. The van der Waals surface area contributed by atoms with Crippen molar-refractivity contribution in [3.8, 4) is 0 Å². The van der Waals surface area contributed by atoms with Crippen molar-refractivity contribution in [3.05, 3.63) is 24.3 Å². The van der Waals surface area contributed by atoms with Crippen LogP contribution in [-0.4, -0.2) is 23.8 Å². The number of hydrogen-bond donors (Lipinski definition) is 3. The van der Waals surface area contributed by atoms with Gasteiger partial charge in [0, 0.05) is 17.1 Å². The number of para-hydroxylation sites is 1. The Bertz CT molecular complexity index is 268. The highest BCUT2D eigenvalue weighted by atomic mass is 32.2. The first-order valence-corrected chi connectivity index (χ1v) is 5.14. The fraction of sp³-hybridized carbons (Fsp3) is 0.333. The van der Waals surface area contributed by atoms with Crippen LogP contribution >= 0.6 is 11.8 Å². The van der Waals surface area contributed by atoms with Gasteiger partial charge in [-0.2, -0.15) is 0 Å². The van der Waals surface area contributed by atoms with Crippen molar-refractivity contribution >= 4 is 17.4 Å². The quantitative estimate of drug-likeness (QED) is 0.676. The van der Waals surface area contributed by atoms with Crippen molar-refractivity contribution in [2.75, 3.05) is 18.5 Å². The summed E-state index contributed by atoms with van der Waals surface area (Å²) in [4.78, 5) is 1.26. The molecule has 0 amide bonds. The Hall–Kier alpha value is -0.710. The van der Waals surface area contributed by atoms with Crippen molar-refractivity contribution < 1.29 is 5.11 Å². The maximum atomic E-state index is 8.64. The van der Waals surface area contributed by atoms with E-state index in [0.29, 0.717) is 6.54 Å². The molecule has 4 heteroatoms. The van der Waals surface area contributed by atoms with E-state index in [9.17, 15) is 0 Å². The van der Waals surface area contributed by atoms with Crippen molar-refractivity contribution in [2.24, 2.45) is 0 Å². The molecular formula is C9H12N2OS. The highest BCUT2D eigenvalue weighted by Crippen LogP contribution is 2.36. The number of benzene rings is 1. The van der Waals surface area contributed by atoms with Gasteiger partial charge < -0.3 is 10.4 Å². The molecule has 3 N–H and O–H groups in total. The monoisotopic (exact) mass is 196 g/mol. The van der Waals surface area contributed by atoms with E-state index in [1.807, 2.05) is 12.1 Å². The maximum absolute atomic E-state index is 8.64. The fourth-order valence-electron chi connectivity index (χ4n) is 1.27. The maximum Gasteiger partial charge on any atom is 0.130 e. The number of nitrogens with one attached hydrogen (secondary N) is 2. The van der Waals surface area contributed by atoms with Crippen LogP contribution in [-0.2, 0) is 0 Å². The van der Waals surface area contributed by atoms with Gasteiger partial charge in [-0.25, -0.2) is 0 Å². The van der Waals surface area contributed by atoms with Gasteiger partial charge in [0.15, 0.2) is 0 Å². The predicted molar refractivity (Wildman–Crippen MR) is 54.8 cm³/mol. The molecule has 0 aromatic heterocycles. The number of hydrogen-bond acceptors (Lipinski definition) is 4. The summed E-state index contributed by atoms with van der Waals surface area (Å²) in [5, 5.41) is 15.1. The minimum Gasteiger partial charge on any atom is -0.395 e.